The van der Waals surface area contributed by atoms with Crippen molar-refractivity contribution >= 4 is 29.5 Å². The van der Waals surface area contributed by atoms with Crippen molar-refractivity contribution in [2.75, 3.05) is 18.6 Å². The lowest BCUT2D eigenvalue weighted by Crippen LogP contribution is -2.09. The molecule has 0 atom stereocenters. The number of benzene rings is 2. The van der Waals surface area contributed by atoms with Crippen molar-refractivity contribution in [3.8, 4) is 17.6 Å². The minimum atomic E-state index is -0.511. The summed E-state index contributed by atoms with van der Waals surface area (Å²) in [5.41, 5.74) is 1.91. The molecule has 2 aromatic rings. The summed E-state index contributed by atoms with van der Waals surface area (Å²) in [7, 11) is 1.56. The molecule has 0 aliphatic carbocycles. The number of nitriles is 1. The van der Waals surface area contributed by atoms with Crippen LogP contribution in [-0.2, 0) is 0 Å². The first-order valence-electron chi connectivity index (χ1n) is 7.35. The average molecular weight is 357 g/mol. The summed E-state index contributed by atoms with van der Waals surface area (Å²) in [5.74, 6) is 2.68. The van der Waals surface area contributed by atoms with Crippen molar-refractivity contribution in [3.63, 3.8) is 0 Å². The van der Waals surface area contributed by atoms with Crippen molar-refractivity contribution in [1.29, 1.82) is 5.26 Å². The van der Waals surface area contributed by atoms with Gasteiger partial charge in [-0.1, -0.05) is 12.1 Å². The molecule has 4 nitrogen and oxygen atoms in total. The van der Waals surface area contributed by atoms with Gasteiger partial charge in [0.1, 0.15) is 0 Å². The van der Waals surface area contributed by atoms with E-state index in [0.29, 0.717) is 27.2 Å². The minimum absolute atomic E-state index is 0.335. The van der Waals surface area contributed by atoms with Crippen LogP contribution in [-0.4, -0.2) is 24.6 Å². The number of carbonyl (C=O) groups excluding carboxylic acids is 1. The summed E-state index contributed by atoms with van der Waals surface area (Å²) in [6.07, 6.45) is 0. The van der Waals surface area contributed by atoms with E-state index < -0.39 is 5.97 Å². The van der Waals surface area contributed by atoms with Gasteiger partial charge in [-0.2, -0.15) is 5.26 Å². The number of ether oxygens (including phenoxy) is 2. The van der Waals surface area contributed by atoms with Crippen LogP contribution in [0, 0.1) is 11.3 Å². The first kappa shape index (κ1) is 16.7. The molecule has 3 rings (SSSR count). The highest BCUT2D eigenvalue weighted by molar-refractivity contribution is 8.19. The first-order valence-corrected chi connectivity index (χ1v) is 9.44. The Labute approximate surface area is 149 Å². The van der Waals surface area contributed by atoms with E-state index in [2.05, 4.69) is 0 Å². The molecule has 0 radical (unpaired) electrons. The van der Waals surface area contributed by atoms with Crippen molar-refractivity contribution in [3.05, 3.63) is 59.2 Å². The molecular formula is C18H15NO3S2. The van der Waals surface area contributed by atoms with Crippen LogP contribution in [0.3, 0.4) is 0 Å². The largest absolute Gasteiger partial charge is 0.493 e. The van der Waals surface area contributed by atoms with Crippen molar-refractivity contribution in [2.45, 2.75) is 4.58 Å². The maximum absolute atomic E-state index is 12.3. The number of carbonyl (C=O) groups is 1. The van der Waals surface area contributed by atoms with E-state index in [-0.39, 0.29) is 0 Å². The standard InChI is InChI=1S/C18H15NO3S2/c1-21-16-10-14(18-23-7-8-24-18)5-6-15(16)22-17(20)13-4-2-3-12(9-13)11-19/h2-6,9-10,18H,7-8H2,1H3. The van der Waals surface area contributed by atoms with Crippen molar-refractivity contribution in [2.24, 2.45) is 0 Å². The Morgan fingerprint density at radius 1 is 1.17 bits per heavy atom. The molecule has 0 saturated carbocycles. The van der Waals surface area contributed by atoms with Gasteiger partial charge < -0.3 is 9.47 Å². The number of nitrogens with zero attached hydrogens (tertiary/aromatic N) is 1. The van der Waals surface area contributed by atoms with Gasteiger partial charge in [0.15, 0.2) is 11.5 Å². The van der Waals surface area contributed by atoms with Crippen molar-refractivity contribution < 1.29 is 14.3 Å². The Balaban J connectivity index is 1.81. The molecule has 0 spiro atoms. The summed E-state index contributed by atoms with van der Waals surface area (Å²) in [4.78, 5) is 12.3. The summed E-state index contributed by atoms with van der Waals surface area (Å²) in [5, 5.41) is 8.92. The fourth-order valence-corrected chi connectivity index (χ4v) is 5.18. The van der Waals surface area contributed by atoms with E-state index in [1.54, 1.807) is 31.4 Å². The smallest absolute Gasteiger partial charge is 0.343 e. The van der Waals surface area contributed by atoms with Crippen molar-refractivity contribution in [1.82, 2.24) is 0 Å². The quantitative estimate of drug-likeness (QED) is 0.602. The second kappa shape index (κ2) is 7.65. The summed E-state index contributed by atoms with van der Waals surface area (Å²) in [6.45, 7) is 0. The number of hydrogen-bond donors (Lipinski definition) is 0. The molecule has 1 aliphatic rings. The molecule has 0 unspecified atom stereocenters. The zero-order valence-corrected chi connectivity index (χ0v) is 14.7. The molecule has 1 aliphatic heterocycles. The third-order valence-corrected chi connectivity index (χ3v) is 6.62. The molecular weight excluding hydrogens is 342 g/mol. The number of esters is 1. The normalized spacial score (nSPS) is 14.2. The van der Waals surface area contributed by atoms with Gasteiger partial charge in [-0.25, -0.2) is 4.79 Å². The average Bonchev–Trinajstić information content (AvgIpc) is 3.16. The summed E-state index contributed by atoms with van der Waals surface area (Å²) < 4.78 is 11.2. The molecule has 0 bridgehead atoms. The molecule has 1 heterocycles. The van der Waals surface area contributed by atoms with Gasteiger partial charge in [-0.05, 0) is 35.9 Å². The number of methoxy groups -OCH3 is 1. The maximum atomic E-state index is 12.3. The van der Waals surface area contributed by atoms with E-state index in [0.717, 1.165) is 17.1 Å². The van der Waals surface area contributed by atoms with E-state index in [1.807, 2.05) is 41.7 Å². The van der Waals surface area contributed by atoms with Crippen LogP contribution in [0.15, 0.2) is 42.5 Å². The lowest BCUT2D eigenvalue weighted by molar-refractivity contribution is 0.0729. The number of thioether (sulfide) groups is 2. The van der Waals surface area contributed by atoms with E-state index in [9.17, 15) is 4.79 Å². The van der Waals surface area contributed by atoms with Crippen LogP contribution < -0.4 is 9.47 Å². The van der Waals surface area contributed by atoms with Gasteiger partial charge in [0, 0.05) is 11.5 Å². The molecule has 2 aromatic carbocycles. The molecule has 24 heavy (non-hydrogen) atoms. The second-order valence-electron chi connectivity index (χ2n) is 5.07. The van der Waals surface area contributed by atoms with Gasteiger partial charge in [0.05, 0.1) is 28.9 Å². The molecule has 1 saturated heterocycles. The fourth-order valence-electron chi connectivity index (χ4n) is 2.34. The van der Waals surface area contributed by atoms with Gasteiger partial charge in [0.25, 0.3) is 0 Å². The molecule has 0 aromatic heterocycles. The van der Waals surface area contributed by atoms with Crippen LogP contribution >= 0.6 is 23.5 Å². The van der Waals surface area contributed by atoms with Crippen LogP contribution in [0.1, 0.15) is 26.1 Å². The van der Waals surface area contributed by atoms with Crippen LogP contribution in [0.2, 0.25) is 0 Å². The summed E-state index contributed by atoms with van der Waals surface area (Å²) >= 11 is 3.81. The zero-order chi connectivity index (χ0) is 16.9. The Kier molecular flexibility index (Phi) is 5.34. The number of rotatable bonds is 4. The first-order chi connectivity index (χ1) is 11.7. The predicted octanol–water partition coefficient (Wildman–Crippen LogP) is 4.26. The third-order valence-electron chi connectivity index (χ3n) is 3.51. The monoisotopic (exact) mass is 357 g/mol. The topological polar surface area (TPSA) is 59.3 Å². The highest BCUT2D eigenvalue weighted by atomic mass is 32.2. The Bertz CT molecular complexity index is 795. The zero-order valence-electron chi connectivity index (χ0n) is 13.0. The minimum Gasteiger partial charge on any atom is -0.493 e. The molecule has 6 heteroatoms. The third kappa shape index (κ3) is 3.69. The van der Waals surface area contributed by atoms with E-state index >= 15 is 0 Å². The van der Waals surface area contributed by atoms with Crippen LogP contribution in [0.5, 0.6) is 11.5 Å². The highest BCUT2D eigenvalue weighted by Gasteiger charge is 2.21. The Morgan fingerprint density at radius 2 is 1.96 bits per heavy atom. The van der Waals surface area contributed by atoms with E-state index in [4.69, 9.17) is 14.7 Å². The molecule has 0 amide bonds. The molecule has 122 valence electrons. The predicted molar refractivity (Wildman–Crippen MR) is 96.8 cm³/mol. The van der Waals surface area contributed by atoms with Gasteiger partial charge in [-0.3, -0.25) is 0 Å². The molecule has 0 N–H and O–H groups in total. The summed E-state index contributed by atoms with van der Waals surface area (Å²) in [6, 6.07) is 14.1. The Hall–Kier alpha value is -2.10. The van der Waals surface area contributed by atoms with Gasteiger partial charge in [-0.15, -0.1) is 23.5 Å². The fraction of sp³-hybridized carbons (Fsp3) is 0.222. The highest BCUT2D eigenvalue weighted by Crippen LogP contribution is 2.46. The van der Waals surface area contributed by atoms with Gasteiger partial charge in [0.2, 0.25) is 0 Å². The molecule has 1 fully saturated rings. The Morgan fingerprint density at radius 3 is 2.67 bits per heavy atom. The van der Waals surface area contributed by atoms with Crippen LogP contribution in [0.25, 0.3) is 0 Å². The second-order valence-corrected chi connectivity index (χ2v) is 7.79. The van der Waals surface area contributed by atoms with Crippen LogP contribution in [0.4, 0.5) is 0 Å². The lowest BCUT2D eigenvalue weighted by Gasteiger charge is -2.13. The maximum Gasteiger partial charge on any atom is 0.343 e. The van der Waals surface area contributed by atoms with Gasteiger partial charge >= 0.3 is 5.97 Å². The van der Waals surface area contributed by atoms with E-state index in [1.165, 1.54) is 6.07 Å². The number of hydrogen-bond acceptors (Lipinski definition) is 6. The lowest BCUT2D eigenvalue weighted by atomic mass is 10.1. The SMILES string of the molecule is COc1cc(C2SCCS2)ccc1OC(=O)c1cccc(C#N)c1.